The monoisotopic (exact) mass is 299 g/mol. The number of fused-ring (bicyclic) bond motifs is 3. The summed E-state index contributed by atoms with van der Waals surface area (Å²) in [5, 5.41) is 0. The van der Waals surface area contributed by atoms with Crippen LogP contribution in [-0.2, 0) is 0 Å². The average Bonchev–Trinajstić information content (AvgIpc) is 2.88. The Morgan fingerprint density at radius 3 is 2.82 bits per heavy atom. The van der Waals surface area contributed by atoms with Gasteiger partial charge in [-0.2, -0.15) is 0 Å². The maximum absolute atomic E-state index is 13.7. The second-order valence-electron chi connectivity index (χ2n) is 6.19. The molecule has 0 aliphatic heterocycles. The van der Waals surface area contributed by atoms with E-state index in [0.29, 0.717) is 28.2 Å². The lowest BCUT2D eigenvalue weighted by Gasteiger charge is -2.21. The van der Waals surface area contributed by atoms with E-state index in [9.17, 15) is 9.18 Å². The van der Waals surface area contributed by atoms with Crippen molar-refractivity contribution in [3.8, 4) is 0 Å². The van der Waals surface area contributed by atoms with E-state index in [1.807, 2.05) is 11.3 Å². The molecule has 4 nitrogen and oxygen atoms in total. The van der Waals surface area contributed by atoms with Crippen molar-refractivity contribution in [3.63, 3.8) is 0 Å². The number of hydrogen-bond donors (Lipinski definition) is 1. The lowest BCUT2D eigenvalue weighted by atomic mass is 9.89. The number of nitrogens with zero attached hydrogens (tertiary/aromatic N) is 2. The van der Waals surface area contributed by atoms with Crippen LogP contribution in [0.4, 0.5) is 4.39 Å². The van der Waals surface area contributed by atoms with Crippen LogP contribution in [0, 0.1) is 12.7 Å². The largest absolute Gasteiger partial charge is 0.319 e. The molecule has 22 heavy (non-hydrogen) atoms. The lowest BCUT2D eigenvalue weighted by Crippen LogP contribution is -2.14. The van der Waals surface area contributed by atoms with Crippen molar-refractivity contribution in [2.75, 3.05) is 0 Å². The molecule has 0 saturated heterocycles. The number of benzene rings is 1. The molecule has 2 heterocycles. The zero-order valence-electron chi connectivity index (χ0n) is 12.5. The average molecular weight is 299 g/mol. The van der Waals surface area contributed by atoms with Gasteiger partial charge in [-0.05, 0) is 31.9 Å². The zero-order valence-corrected chi connectivity index (χ0v) is 12.5. The second kappa shape index (κ2) is 4.93. The molecule has 5 heteroatoms. The fourth-order valence-corrected chi connectivity index (χ4v) is 3.67. The van der Waals surface area contributed by atoms with Crippen molar-refractivity contribution in [2.45, 2.75) is 44.9 Å². The van der Waals surface area contributed by atoms with Crippen LogP contribution in [-0.4, -0.2) is 14.4 Å². The van der Waals surface area contributed by atoms with Crippen molar-refractivity contribution in [3.05, 3.63) is 45.9 Å². The number of halogens is 1. The molecule has 0 radical (unpaired) electrons. The van der Waals surface area contributed by atoms with Crippen molar-refractivity contribution in [1.29, 1.82) is 0 Å². The highest BCUT2D eigenvalue weighted by molar-refractivity contribution is 5.79. The van der Waals surface area contributed by atoms with Gasteiger partial charge in [0.2, 0.25) is 0 Å². The third-order valence-corrected chi connectivity index (χ3v) is 4.71. The van der Waals surface area contributed by atoms with Crippen molar-refractivity contribution in [1.82, 2.24) is 14.4 Å². The summed E-state index contributed by atoms with van der Waals surface area (Å²) in [5.74, 6) is 0.957. The number of aromatic nitrogens is 3. The highest BCUT2D eigenvalue weighted by atomic mass is 19.1. The van der Waals surface area contributed by atoms with Crippen LogP contribution in [0.1, 0.15) is 49.5 Å². The number of hydrogen-bond acceptors (Lipinski definition) is 2. The van der Waals surface area contributed by atoms with Gasteiger partial charge in [0.1, 0.15) is 17.2 Å². The van der Waals surface area contributed by atoms with Gasteiger partial charge in [-0.15, -0.1) is 0 Å². The summed E-state index contributed by atoms with van der Waals surface area (Å²) in [6, 6.07) is 4.46. The molecule has 1 aliphatic carbocycles. The molecule has 1 aliphatic rings. The van der Waals surface area contributed by atoms with Crippen LogP contribution >= 0.6 is 0 Å². The Hall–Kier alpha value is -2.17. The van der Waals surface area contributed by atoms with Crippen LogP contribution in [0.5, 0.6) is 0 Å². The van der Waals surface area contributed by atoms with Crippen LogP contribution < -0.4 is 5.56 Å². The van der Waals surface area contributed by atoms with E-state index in [1.165, 1.54) is 31.4 Å². The van der Waals surface area contributed by atoms with Gasteiger partial charge in [0, 0.05) is 12.0 Å². The summed E-state index contributed by atoms with van der Waals surface area (Å²) in [5.41, 5.74) is 2.43. The molecule has 114 valence electrons. The molecule has 3 aromatic rings. The predicted octanol–water partition coefficient (Wildman–Crippen LogP) is 3.67. The Morgan fingerprint density at radius 1 is 1.27 bits per heavy atom. The number of H-pyrrole nitrogens is 1. The summed E-state index contributed by atoms with van der Waals surface area (Å²) >= 11 is 0. The molecule has 1 N–H and O–H groups in total. The first-order valence-electron chi connectivity index (χ1n) is 7.85. The first-order chi connectivity index (χ1) is 10.6. The Balaban J connectivity index is 2.10. The van der Waals surface area contributed by atoms with Crippen molar-refractivity contribution >= 4 is 16.6 Å². The molecular weight excluding hydrogens is 281 g/mol. The normalized spacial score (nSPS) is 16.6. The first-order valence-corrected chi connectivity index (χ1v) is 7.85. The standard InChI is InChI=1S/C17H18FN3O/c1-10-15-17(22)20-13-8-7-12(18)9-14(13)21(15)16(19-10)11-5-3-2-4-6-11/h7-9,11H,2-6H2,1H3,(H,20,22). The van der Waals surface area contributed by atoms with E-state index in [-0.39, 0.29) is 11.4 Å². The smallest absolute Gasteiger partial charge is 0.274 e. The minimum Gasteiger partial charge on any atom is -0.319 e. The quantitative estimate of drug-likeness (QED) is 0.745. The molecule has 1 saturated carbocycles. The van der Waals surface area contributed by atoms with Gasteiger partial charge in [-0.25, -0.2) is 9.37 Å². The number of rotatable bonds is 1. The van der Waals surface area contributed by atoms with Gasteiger partial charge < -0.3 is 4.98 Å². The summed E-state index contributed by atoms with van der Waals surface area (Å²) in [6.45, 7) is 1.85. The Morgan fingerprint density at radius 2 is 2.05 bits per heavy atom. The van der Waals surface area contributed by atoms with Gasteiger partial charge >= 0.3 is 0 Å². The van der Waals surface area contributed by atoms with Crippen LogP contribution in [0.2, 0.25) is 0 Å². The summed E-state index contributed by atoms with van der Waals surface area (Å²) in [6.07, 6.45) is 5.81. The molecule has 2 aromatic heterocycles. The fourth-order valence-electron chi connectivity index (χ4n) is 3.67. The molecular formula is C17H18FN3O. The van der Waals surface area contributed by atoms with Crippen LogP contribution in [0.3, 0.4) is 0 Å². The van der Waals surface area contributed by atoms with E-state index in [1.54, 1.807) is 6.07 Å². The summed E-state index contributed by atoms with van der Waals surface area (Å²) < 4.78 is 15.6. The van der Waals surface area contributed by atoms with Crippen molar-refractivity contribution in [2.24, 2.45) is 0 Å². The summed E-state index contributed by atoms with van der Waals surface area (Å²) in [4.78, 5) is 19.9. The molecule has 0 spiro atoms. The zero-order chi connectivity index (χ0) is 15.3. The second-order valence-corrected chi connectivity index (χ2v) is 6.19. The van der Waals surface area contributed by atoms with E-state index >= 15 is 0 Å². The molecule has 0 amide bonds. The Kier molecular flexibility index (Phi) is 3.03. The predicted molar refractivity (Wildman–Crippen MR) is 83.8 cm³/mol. The number of aryl methyl sites for hydroxylation is 1. The molecule has 0 unspecified atom stereocenters. The van der Waals surface area contributed by atoms with Gasteiger partial charge in [0.25, 0.3) is 5.56 Å². The number of nitrogens with one attached hydrogen (secondary N) is 1. The third kappa shape index (κ3) is 1.95. The molecule has 4 rings (SSSR count). The van der Waals surface area contributed by atoms with Crippen LogP contribution in [0.25, 0.3) is 16.6 Å². The lowest BCUT2D eigenvalue weighted by molar-refractivity contribution is 0.428. The van der Waals surface area contributed by atoms with Gasteiger partial charge in [0.15, 0.2) is 0 Å². The summed E-state index contributed by atoms with van der Waals surface area (Å²) in [7, 11) is 0. The minimum absolute atomic E-state index is 0.161. The maximum Gasteiger partial charge on any atom is 0.274 e. The topological polar surface area (TPSA) is 50.2 Å². The molecule has 1 aromatic carbocycles. The highest BCUT2D eigenvalue weighted by Gasteiger charge is 2.23. The van der Waals surface area contributed by atoms with Gasteiger partial charge in [0.05, 0.1) is 16.7 Å². The molecule has 0 atom stereocenters. The van der Waals surface area contributed by atoms with Gasteiger partial charge in [-0.3, -0.25) is 9.20 Å². The van der Waals surface area contributed by atoms with Crippen LogP contribution in [0.15, 0.2) is 23.0 Å². The van der Waals surface area contributed by atoms with Crippen molar-refractivity contribution < 1.29 is 4.39 Å². The van der Waals surface area contributed by atoms with E-state index in [0.717, 1.165) is 18.7 Å². The molecule has 0 bridgehead atoms. The minimum atomic E-state index is -0.304. The Bertz CT molecular complexity index is 919. The fraction of sp³-hybridized carbons (Fsp3) is 0.412. The Labute approximate surface area is 127 Å². The first kappa shape index (κ1) is 13.5. The number of aromatic amines is 1. The highest BCUT2D eigenvalue weighted by Crippen LogP contribution is 2.33. The number of imidazole rings is 1. The van der Waals surface area contributed by atoms with E-state index < -0.39 is 0 Å². The van der Waals surface area contributed by atoms with E-state index in [2.05, 4.69) is 9.97 Å². The SMILES string of the molecule is Cc1nc(C2CCCCC2)n2c1c(=O)[nH]c1ccc(F)cc12. The molecule has 1 fully saturated rings. The van der Waals surface area contributed by atoms with E-state index in [4.69, 9.17) is 0 Å². The maximum atomic E-state index is 13.7. The van der Waals surface area contributed by atoms with Gasteiger partial charge in [-0.1, -0.05) is 19.3 Å². The third-order valence-electron chi connectivity index (χ3n) is 4.71.